The molecule has 3 nitrogen and oxygen atoms in total. The first-order valence-corrected chi connectivity index (χ1v) is 5.77. The summed E-state index contributed by atoms with van der Waals surface area (Å²) in [4.78, 5) is 4.32. The number of aryl methyl sites for hydroxylation is 1. The van der Waals surface area contributed by atoms with E-state index in [1.54, 1.807) is 0 Å². The highest BCUT2D eigenvalue weighted by Gasteiger charge is 2.08. The van der Waals surface area contributed by atoms with Gasteiger partial charge in [0.15, 0.2) is 0 Å². The lowest BCUT2D eigenvalue weighted by atomic mass is 10.0. The molecule has 0 spiro atoms. The second-order valence-corrected chi connectivity index (χ2v) is 4.73. The van der Waals surface area contributed by atoms with Gasteiger partial charge in [0.2, 0.25) is 0 Å². The highest BCUT2D eigenvalue weighted by atomic mass is 15.0. The van der Waals surface area contributed by atoms with Crippen LogP contribution in [-0.4, -0.2) is 9.38 Å². The Morgan fingerprint density at radius 1 is 1.38 bits per heavy atom. The van der Waals surface area contributed by atoms with Crippen molar-refractivity contribution in [1.82, 2.24) is 9.38 Å². The Bertz CT molecular complexity index is 497. The van der Waals surface area contributed by atoms with E-state index in [-0.39, 0.29) is 0 Å². The molecular weight excluding hydrogens is 198 g/mol. The van der Waals surface area contributed by atoms with Crippen molar-refractivity contribution in [3.05, 3.63) is 35.4 Å². The van der Waals surface area contributed by atoms with Gasteiger partial charge in [0.05, 0.1) is 12.0 Å². The summed E-state index contributed by atoms with van der Waals surface area (Å²) in [5, 5.41) is 0. The highest BCUT2D eigenvalue weighted by Crippen LogP contribution is 2.19. The number of aromatic nitrogens is 2. The summed E-state index contributed by atoms with van der Waals surface area (Å²) in [5.41, 5.74) is 10.4. The second kappa shape index (κ2) is 4.26. The maximum absolute atomic E-state index is 5.59. The third-order valence-corrected chi connectivity index (χ3v) is 2.92. The third kappa shape index (κ3) is 1.95. The molecule has 0 unspecified atom stereocenters. The van der Waals surface area contributed by atoms with E-state index in [0.29, 0.717) is 12.5 Å². The Morgan fingerprint density at radius 2 is 2.12 bits per heavy atom. The first-order chi connectivity index (χ1) is 7.61. The minimum Gasteiger partial charge on any atom is -0.325 e. The molecule has 2 N–H and O–H groups in total. The van der Waals surface area contributed by atoms with Crippen LogP contribution in [0.25, 0.3) is 5.52 Å². The van der Waals surface area contributed by atoms with Crippen LogP contribution in [0, 0.1) is 12.8 Å². The Balaban J connectivity index is 2.50. The monoisotopic (exact) mass is 217 g/mol. The molecule has 0 aliphatic carbocycles. The highest BCUT2D eigenvalue weighted by molar-refractivity contribution is 5.53. The number of hydrogen-bond acceptors (Lipinski definition) is 2. The van der Waals surface area contributed by atoms with Gasteiger partial charge in [-0.15, -0.1) is 0 Å². The maximum Gasteiger partial charge on any atom is 0.0996 e. The van der Waals surface area contributed by atoms with E-state index in [0.717, 1.165) is 12.1 Å². The van der Waals surface area contributed by atoms with Gasteiger partial charge in [-0.3, -0.25) is 0 Å². The van der Waals surface area contributed by atoms with E-state index in [1.807, 2.05) is 6.33 Å². The lowest BCUT2D eigenvalue weighted by Crippen LogP contribution is -2.01. The first-order valence-electron chi connectivity index (χ1n) is 5.77. The van der Waals surface area contributed by atoms with E-state index < -0.39 is 0 Å². The summed E-state index contributed by atoms with van der Waals surface area (Å²) in [6.45, 7) is 7.13. The molecule has 0 aliphatic heterocycles. The molecule has 2 heterocycles. The molecule has 3 heteroatoms. The molecule has 2 rings (SSSR count). The fraction of sp³-hybridized carbons (Fsp3) is 0.462. The molecule has 0 aliphatic rings. The van der Waals surface area contributed by atoms with Crippen LogP contribution in [0.2, 0.25) is 0 Å². The Hall–Kier alpha value is -1.35. The predicted octanol–water partition coefficient (Wildman–Crippen LogP) is 2.30. The standard InChI is InChI=1S/C13H19N3/c1-9(2)4-11-5-13-6-12(7-14)15-8-16(13)10(11)3/h5-6,8-9H,4,7,14H2,1-3H3. The smallest absolute Gasteiger partial charge is 0.0996 e. The number of hydrogen-bond donors (Lipinski definition) is 1. The van der Waals surface area contributed by atoms with E-state index in [4.69, 9.17) is 5.73 Å². The average Bonchev–Trinajstić information content (AvgIpc) is 2.54. The van der Waals surface area contributed by atoms with Gasteiger partial charge in [0, 0.05) is 17.8 Å². The number of rotatable bonds is 3. The van der Waals surface area contributed by atoms with Crippen molar-refractivity contribution in [3.8, 4) is 0 Å². The minimum absolute atomic E-state index is 0.500. The van der Waals surface area contributed by atoms with Crippen LogP contribution in [0.5, 0.6) is 0 Å². The molecule has 2 aromatic rings. The Labute approximate surface area is 96.3 Å². The SMILES string of the molecule is Cc1c(CC(C)C)cc2cc(CN)ncn12. The zero-order valence-electron chi connectivity index (χ0n) is 10.2. The number of fused-ring (bicyclic) bond motifs is 1. The van der Waals surface area contributed by atoms with Crippen LogP contribution in [0.3, 0.4) is 0 Å². The molecule has 0 bridgehead atoms. The van der Waals surface area contributed by atoms with E-state index in [2.05, 4.69) is 42.3 Å². The molecular formula is C13H19N3. The average molecular weight is 217 g/mol. The lowest BCUT2D eigenvalue weighted by Gasteiger charge is -2.03. The third-order valence-electron chi connectivity index (χ3n) is 2.92. The van der Waals surface area contributed by atoms with Crippen LogP contribution in [0.4, 0.5) is 0 Å². The van der Waals surface area contributed by atoms with Crippen molar-refractivity contribution in [3.63, 3.8) is 0 Å². The van der Waals surface area contributed by atoms with E-state index in [1.165, 1.54) is 16.8 Å². The number of nitrogens with zero attached hydrogens (tertiary/aromatic N) is 2. The van der Waals surface area contributed by atoms with Gasteiger partial charge < -0.3 is 10.1 Å². The van der Waals surface area contributed by atoms with Crippen molar-refractivity contribution in [2.75, 3.05) is 0 Å². The largest absolute Gasteiger partial charge is 0.325 e. The summed E-state index contributed by atoms with van der Waals surface area (Å²) in [6, 6.07) is 4.31. The zero-order valence-corrected chi connectivity index (χ0v) is 10.2. The summed E-state index contributed by atoms with van der Waals surface area (Å²) < 4.78 is 2.14. The van der Waals surface area contributed by atoms with Crippen LogP contribution >= 0.6 is 0 Å². The van der Waals surface area contributed by atoms with Gasteiger partial charge in [-0.05, 0) is 37.0 Å². The summed E-state index contributed by atoms with van der Waals surface area (Å²) >= 11 is 0. The van der Waals surface area contributed by atoms with Crippen molar-refractivity contribution in [2.24, 2.45) is 11.7 Å². The topological polar surface area (TPSA) is 43.3 Å². The number of nitrogens with two attached hydrogens (primary N) is 1. The van der Waals surface area contributed by atoms with Gasteiger partial charge in [-0.2, -0.15) is 0 Å². The van der Waals surface area contributed by atoms with Crippen LogP contribution in [-0.2, 0) is 13.0 Å². The maximum atomic E-state index is 5.59. The van der Waals surface area contributed by atoms with Crippen molar-refractivity contribution >= 4 is 5.52 Å². The molecule has 0 aromatic carbocycles. The molecule has 86 valence electrons. The van der Waals surface area contributed by atoms with Gasteiger partial charge in [-0.25, -0.2) is 4.98 Å². The second-order valence-electron chi connectivity index (χ2n) is 4.73. The molecule has 0 saturated carbocycles. The molecule has 0 saturated heterocycles. The summed E-state index contributed by atoms with van der Waals surface area (Å²) in [7, 11) is 0. The van der Waals surface area contributed by atoms with Gasteiger partial charge in [-0.1, -0.05) is 13.8 Å². The molecule has 16 heavy (non-hydrogen) atoms. The van der Waals surface area contributed by atoms with Crippen molar-refractivity contribution in [1.29, 1.82) is 0 Å². The fourth-order valence-corrected chi connectivity index (χ4v) is 2.06. The quantitative estimate of drug-likeness (QED) is 0.857. The minimum atomic E-state index is 0.500. The normalized spacial score (nSPS) is 11.6. The van der Waals surface area contributed by atoms with Crippen LogP contribution < -0.4 is 5.73 Å². The Morgan fingerprint density at radius 3 is 2.75 bits per heavy atom. The first kappa shape index (κ1) is 11.1. The fourth-order valence-electron chi connectivity index (χ4n) is 2.06. The zero-order chi connectivity index (χ0) is 11.7. The van der Waals surface area contributed by atoms with Gasteiger partial charge >= 0.3 is 0 Å². The van der Waals surface area contributed by atoms with E-state index in [9.17, 15) is 0 Å². The molecule has 0 amide bonds. The van der Waals surface area contributed by atoms with E-state index >= 15 is 0 Å². The summed E-state index contributed by atoms with van der Waals surface area (Å²) in [5.74, 6) is 0.679. The summed E-state index contributed by atoms with van der Waals surface area (Å²) in [6.07, 6.45) is 2.99. The Kier molecular flexibility index (Phi) is 2.97. The van der Waals surface area contributed by atoms with Crippen LogP contribution in [0.1, 0.15) is 30.8 Å². The molecule has 0 fully saturated rings. The lowest BCUT2D eigenvalue weighted by molar-refractivity contribution is 0.644. The van der Waals surface area contributed by atoms with Crippen molar-refractivity contribution in [2.45, 2.75) is 33.7 Å². The van der Waals surface area contributed by atoms with Crippen molar-refractivity contribution < 1.29 is 0 Å². The molecule has 2 aromatic heterocycles. The van der Waals surface area contributed by atoms with Gasteiger partial charge in [0.1, 0.15) is 0 Å². The van der Waals surface area contributed by atoms with Crippen LogP contribution in [0.15, 0.2) is 18.5 Å². The van der Waals surface area contributed by atoms with Gasteiger partial charge in [0.25, 0.3) is 0 Å². The molecule has 0 atom stereocenters. The predicted molar refractivity (Wildman–Crippen MR) is 66.4 cm³/mol. The molecule has 0 radical (unpaired) electrons.